The Kier molecular flexibility index (Phi) is 9.05. The molecule has 19 heavy (non-hydrogen) atoms. The zero-order valence-electron chi connectivity index (χ0n) is 12.4. The van der Waals surface area contributed by atoms with E-state index in [1.807, 2.05) is 0 Å². The third-order valence-electron chi connectivity index (χ3n) is 2.92. The first kappa shape index (κ1) is 16.6. The van der Waals surface area contributed by atoms with Crippen LogP contribution in [0, 0.1) is 0 Å². The quantitative estimate of drug-likeness (QED) is 0.369. The molecule has 0 aromatic heterocycles. The molecule has 1 rings (SSSR count). The summed E-state index contributed by atoms with van der Waals surface area (Å²) in [5.74, 6) is 0. The lowest BCUT2D eigenvalue weighted by molar-refractivity contribution is 0.202. The fraction of sp³-hybridized carbons (Fsp3) is 0.600. The molecule has 1 aromatic rings. The summed E-state index contributed by atoms with van der Waals surface area (Å²) in [6.45, 7) is 5.86. The van der Waals surface area contributed by atoms with Crippen LogP contribution >= 0.6 is 11.8 Å². The van der Waals surface area contributed by atoms with Crippen molar-refractivity contribution in [3.63, 3.8) is 0 Å². The number of benzene rings is 1. The van der Waals surface area contributed by atoms with Crippen LogP contribution in [0.25, 0.3) is 0 Å². The number of thioether (sulfide) groups is 1. The molecule has 2 nitrogen and oxygen atoms in total. The van der Waals surface area contributed by atoms with E-state index >= 15 is 0 Å². The number of hydrogen-bond donors (Lipinski definition) is 0. The second kappa shape index (κ2) is 10.4. The van der Waals surface area contributed by atoms with E-state index < -0.39 is 0 Å². The molecule has 0 spiro atoms. The number of hydrogen-bond acceptors (Lipinski definition) is 3. The summed E-state index contributed by atoms with van der Waals surface area (Å²) in [6.07, 6.45) is 6.54. The van der Waals surface area contributed by atoms with Crippen molar-refractivity contribution >= 4 is 24.3 Å². The van der Waals surface area contributed by atoms with Crippen LogP contribution in [0.3, 0.4) is 0 Å². The first-order valence-corrected chi connectivity index (χ1v) is 8.41. The maximum absolute atomic E-state index is 5.86. The molecule has 0 bridgehead atoms. The van der Waals surface area contributed by atoms with Gasteiger partial charge in [0.05, 0.1) is 0 Å². The minimum atomic E-state index is -0.214. The molecule has 0 atom stereocenters. The highest BCUT2D eigenvalue weighted by Crippen LogP contribution is 2.12. The van der Waals surface area contributed by atoms with E-state index in [0.717, 1.165) is 44.4 Å². The van der Waals surface area contributed by atoms with E-state index in [2.05, 4.69) is 44.4 Å². The van der Waals surface area contributed by atoms with Crippen molar-refractivity contribution < 1.29 is 9.31 Å². The second-order valence-electron chi connectivity index (χ2n) is 4.55. The van der Waals surface area contributed by atoms with Gasteiger partial charge in [-0.25, -0.2) is 0 Å². The normalized spacial score (nSPS) is 10.7. The van der Waals surface area contributed by atoms with Gasteiger partial charge < -0.3 is 9.31 Å². The summed E-state index contributed by atoms with van der Waals surface area (Å²) in [4.78, 5) is 1.27. The molecule has 0 N–H and O–H groups in total. The summed E-state index contributed by atoms with van der Waals surface area (Å²) >= 11 is 1.75. The van der Waals surface area contributed by atoms with Gasteiger partial charge in [-0.1, -0.05) is 38.8 Å². The maximum atomic E-state index is 5.86. The van der Waals surface area contributed by atoms with E-state index in [4.69, 9.17) is 9.31 Å². The van der Waals surface area contributed by atoms with Gasteiger partial charge >= 0.3 is 7.12 Å². The first-order valence-electron chi connectivity index (χ1n) is 7.19. The van der Waals surface area contributed by atoms with Gasteiger partial charge in [0.1, 0.15) is 0 Å². The third kappa shape index (κ3) is 6.50. The lowest BCUT2D eigenvalue weighted by Crippen LogP contribution is -2.37. The number of unbranched alkanes of at least 4 members (excludes halogenated alkanes) is 2. The van der Waals surface area contributed by atoms with Crippen LogP contribution in [-0.2, 0) is 9.31 Å². The van der Waals surface area contributed by atoms with E-state index in [0.29, 0.717) is 0 Å². The Labute approximate surface area is 122 Å². The molecule has 0 saturated heterocycles. The minimum Gasteiger partial charge on any atom is -0.407 e. The standard InChI is InChI=1S/C15H25BO2S/c1-4-6-12-17-16(18-13-7-5-2)14-8-10-15(19-3)11-9-14/h8-11H,4-7,12-13H2,1-3H3. The predicted molar refractivity (Wildman–Crippen MR) is 85.3 cm³/mol. The Balaban J connectivity index is 2.58. The Morgan fingerprint density at radius 2 is 1.47 bits per heavy atom. The van der Waals surface area contributed by atoms with Crippen LogP contribution in [0.1, 0.15) is 39.5 Å². The monoisotopic (exact) mass is 280 g/mol. The Morgan fingerprint density at radius 3 is 1.89 bits per heavy atom. The van der Waals surface area contributed by atoms with Crippen molar-refractivity contribution in [1.29, 1.82) is 0 Å². The van der Waals surface area contributed by atoms with Gasteiger partial charge in [0.25, 0.3) is 0 Å². The Bertz CT molecular complexity index is 319. The average molecular weight is 280 g/mol. The van der Waals surface area contributed by atoms with Crippen LogP contribution in [0.4, 0.5) is 0 Å². The molecule has 0 radical (unpaired) electrons. The fourth-order valence-corrected chi connectivity index (χ4v) is 2.08. The molecular weight excluding hydrogens is 255 g/mol. The van der Waals surface area contributed by atoms with Gasteiger partial charge in [-0.05, 0) is 36.7 Å². The highest BCUT2D eigenvalue weighted by atomic mass is 32.2. The predicted octanol–water partition coefficient (Wildman–Crippen LogP) is 3.74. The van der Waals surface area contributed by atoms with Gasteiger partial charge in [-0.3, -0.25) is 0 Å². The zero-order chi connectivity index (χ0) is 13.9. The summed E-state index contributed by atoms with van der Waals surface area (Å²) in [6, 6.07) is 8.46. The molecule has 0 aliphatic carbocycles. The van der Waals surface area contributed by atoms with Crippen LogP contribution in [0.5, 0.6) is 0 Å². The highest BCUT2D eigenvalue weighted by molar-refractivity contribution is 7.98. The van der Waals surface area contributed by atoms with Crippen LogP contribution in [0.15, 0.2) is 29.2 Å². The largest absolute Gasteiger partial charge is 0.493 e. The molecule has 4 heteroatoms. The van der Waals surface area contributed by atoms with Gasteiger partial charge in [0, 0.05) is 18.1 Å². The topological polar surface area (TPSA) is 18.5 Å². The smallest absolute Gasteiger partial charge is 0.407 e. The molecule has 0 heterocycles. The van der Waals surface area contributed by atoms with E-state index in [9.17, 15) is 0 Å². The van der Waals surface area contributed by atoms with Crippen molar-refractivity contribution in [3.05, 3.63) is 24.3 Å². The molecule has 0 saturated carbocycles. The van der Waals surface area contributed by atoms with Gasteiger partial charge in [-0.2, -0.15) is 0 Å². The van der Waals surface area contributed by atoms with Crippen molar-refractivity contribution in [1.82, 2.24) is 0 Å². The van der Waals surface area contributed by atoms with E-state index in [1.165, 1.54) is 4.90 Å². The maximum Gasteiger partial charge on any atom is 0.493 e. The SMILES string of the molecule is CCCCOB(OCCCC)c1ccc(SC)cc1. The van der Waals surface area contributed by atoms with Crippen molar-refractivity contribution in [3.8, 4) is 0 Å². The molecular formula is C15H25BO2S. The Hall–Kier alpha value is -0.445. The van der Waals surface area contributed by atoms with Crippen molar-refractivity contribution in [2.45, 2.75) is 44.4 Å². The molecule has 0 fully saturated rings. The number of rotatable bonds is 10. The van der Waals surface area contributed by atoms with Gasteiger partial charge in [0.2, 0.25) is 0 Å². The lowest BCUT2D eigenvalue weighted by atomic mass is 9.79. The molecule has 0 aliphatic heterocycles. The van der Waals surface area contributed by atoms with Crippen LogP contribution < -0.4 is 5.46 Å². The summed E-state index contributed by atoms with van der Waals surface area (Å²) < 4.78 is 11.7. The fourth-order valence-electron chi connectivity index (χ4n) is 1.67. The second-order valence-corrected chi connectivity index (χ2v) is 5.43. The summed E-state index contributed by atoms with van der Waals surface area (Å²) in [5.41, 5.74) is 1.12. The summed E-state index contributed by atoms with van der Waals surface area (Å²) in [5, 5.41) is 0. The third-order valence-corrected chi connectivity index (χ3v) is 3.67. The molecule has 106 valence electrons. The Morgan fingerprint density at radius 1 is 0.947 bits per heavy atom. The van der Waals surface area contributed by atoms with Gasteiger partial charge in [0.15, 0.2) is 0 Å². The highest BCUT2D eigenvalue weighted by Gasteiger charge is 2.20. The average Bonchev–Trinajstić information content (AvgIpc) is 2.46. The van der Waals surface area contributed by atoms with Crippen molar-refractivity contribution in [2.24, 2.45) is 0 Å². The van der Waals surface area contributed by atoms with E-state index in [-0.39, 0.29) is 7.12 Å². The van der Waals surface area contributed by atoms with Crippen LogP contribution in [0.2, 0.25) is 0 Å². The van der Waals surface area contributed by atoms with Crippen molar-refractivity contribution in [2.75, 3.05) is 19.5 Å². The summed E-state index contributed by atoms with van der Waals surface area (Å²) in [7, 11) is -0.214. The van der Waals surface area contributed by atoms with Gasteiger partial charge in [-0.15, -0.1) is 11.8 Å². The van der Waals surface area contributed by atoms with Crippen LogP contribution in [-0.4, -0.2) is 26.6 Å². The lowest BCUT2D eigenvalue weighted by Gasteiger charge is -2.15. The molecule has 0 aliphatic rings. The first-order chi connectivity index (χ1) is 9.31. The van der Waals surface area contributed by atoms with E-state index in [1.54, 1.807) is 11.8 Å². The molecule has 0 unspecified atom stereocenters. The minimum absolute atomic E-state index is 0.214. The molecule has 1 aromatic carbocycles. The molecule has 0 amide bonds. The zero-order valence-corrected chi connectivity index (χ0v) is 13.2.